The van der Waals surface area contributed by atoms with Crippen LogP contribution in [0.1, 0.15) is 16.8 Å². The molecule has 1 aliphatic heterocycles. The van der Waals surface area contributed by atoms with Crippen molar-refractivity contribution >= 4 is 16.8 Å². The van der Waals surface area contributed by atoms with E-state index in [1.165, 1.54) is 11.1 Å². The van der Waals surface area contributed by atoms with E-state index in [2.05, 4.69) is 10.3 Å². The molecule has 2 aromatic rings. The van der Waals surface area contributed by atoms with Crippen molar-refractivity contribution in [3.63, 3.8) is 0 Å². The monoisotopic (exact) mass is 346 g/mol. The fourth-order valence-corrected chi connectivity index (χ4v) is 3.04. The number of hydrogen-bond acceptors (Lipinski definition) is 4. The van der Waals surface area contributed by atoms with Gasteiger partial charge in [-0.3, -0.25) is 9.59 Å². The van der Waals surface area contributed by atoms with Crippen molar-refractivity contribution in [2.24, 2.45) is 0 Å². The Bertz CT molecular complexity index is 796. The van der Waals surface area contributed by atoms with Crippen LogP contribution in [0.15, 0.2) is 29.2 Å². The first-order valence-electron chi connectivity index (χ1n) is 8.58. The van der Waals surface area contributed by atoms with Gasteiger partial charge in [0.05, 0.1) is 26.9 Å². The zero-order valence-electron chi connectivity index (χ0n) is 14.4. The Labute approximate surface area is 145 Å². The quantitative estimate of drug-likeness (QED) is 0.620. The van der Waals surface area contributed by atoms with Gasteiger partial charge in [-0.05, 0) is 18.2 Å². The van der Waals surface area contributed by atoms with Crippen LogP contribution in [0.2, 0.25) is 0 Å². The minimum Gasteiger partial charge on any atom is -0.497 e. The van der Waals surface area contributed by atoms with Gasteiger partial charge in [0.1, 0.15) is 24.4 Å². The number of H-pyrrole nitrogens is 1. The average molecular weight is 346 g/mol. The largest absolute Gasteiger partial charge is 0.497 e. The molecule has 7 nitrogen and oxygen atoms in total. The van der Waals surface area contributed by atoms with Gasteiger partial charge in [-0.15, -0.1) is 0 Å². The molecule has 0 bridgehead atoms. The number of benzene rings is 1. The fraction of sp³-hybridized carbons (Fsp3) is 0.444. The van der Waals surface area contributed by atoms with Gasteiger partial charge in [0.15, 0.2) is 0 Å². The number of quaternary nitrogens is 1. The summed E-state index contributed by atoms with van der Waals surface area (Å²) >= 11 is 0. The molecule has 3 N–H and O–H groups in total. The average Bonchev–Trinajstić information content (AvgIpc) is 2.66. The van der Waals surface area contributed by atoms with Gasteiger partial charge >= 0.3 is 0 Å². The summed E-state index contributed by atoms with van der Waals surface area (Å²) in [5, 5.41) is 3.29. The Morgan fingerprint density at radius 2 is 2.16 bits per heavy atom. The van der Waals surface area contributed by atoms with Crippen LogP contribution in [0.4, 0.5) is 0 Å². The Morgan fingerprint density at radius 3 is 2.92 bits per heavy atom. The Hall–Kier alpha value is -2.38. The first-order valence-corrected chi connectivity index (χ1v) is 8.58. The van der Waals surface area contributed by atoms with Gasteiger partial charge in [-0.25, -0.2) is 0 Å². The number of pyridine rings is 1. The SMILES string of the molecule is COc1ccc2[nH]cc(C(=O)NCCC[NH+]3CCOCC3)c(=O)c2c1. The molecule has 1 aromatic carbocycles. The summed E-state index contributed by atoms with van der Waals surface area (Å²) in [5.74, 6) is 0.243. The number of ether oxygens (including phenoxy) is 2. The van der Waals surface area contributed by atoms with Crippen LogP contribution in [0.3, 0.4) is 0 Å². The van der Waals surface area contributed by atoms with Gasteiger partial charge in [-0.1, -0.05) is 0 Å². The number of methoxy groups -OCH3 is 1. The smallest absolute Gasteiger partial charge is 0.256 e. The summed E-state index contributed by atoms with van der Waals surface area (Å²) < 4.78 is 10.5. The molecule has 0 spiro atoms. The third-order valence-electron chi connectivity index (χ3n) is 4.53. The maximum atomic E-state index is 12.6. The van der Waals surface area contributed by atoms with Crippen LogP contribution in [-0.2, 0) is 4.74 Å². The number of aromatic nitrogens is 1. The van der Waals surface area contributed by atoms with Crippen molar-refractivity contribution in [2.75, 3.05) is 46.5 Å². The maximum Gasteiger partial charge on any atom is 0.256 e. The lowest BCUT2D eigenvalue weighted by Gasteiger charge is -2.23. The number of hydrogen-bond donors (Lipinski definition) is 3. The predicted molar refractivity (Wildman–Crippen MR) is 94.5 cm³/mol. The molecule has 3 rings (SSSR count). The molecule has 0 atom stereocenters. The second-order valence-electron chi connectivity index (χ2n) is 6.16. The molecule has 0 unspecified atom stereocenters. The van der Waals surface area contributed by atoms with Gasteiger partial charge in [0.2, 0.25) is 5.43 Å². The van der Waals surface area contributed by atoms with Crippen LogP contribution in [0.25, 0.3) is 10.9 Å². The predicted octanol–water partition coefficient (Wildman–Crippen LogP) is -0.428. The van der Waals surface area contributed by atoms with E-state index in [1.54, 1.807) is 25.3 Å². The topological polar surface area (TPSA) is 84.9 Å². The molecule has 134 valence electrons. The number of carbonyl (C=O) groups excluding carboxylic acids is 1. The standard InChI is InChI=1S/C18H23N3O4/c1-24-13-3-4-16-14(11-13)17(22)15(12-20-16)18(23)19-5-2-6-21-7-9-25-10-8-21/h3-4,11-12H,2,5-10H2,1H3,(H,19,23)(H,20,22)/p+1. The van der Waals surface area contributed by atoms with Crippen molar-refractivity contribution in [1.29, 1.82) is 0 Å². The van der Waals surface area contributed by atoms with Crippen molar-refractivity contribution in [3.8, 4) is 5.75 Å². The summed E-state index contributed by atoms with van der Waals surface area (Å²) in [7, 11) is 1.54. The number of rotatable bonds is 6. The Balaban J connectivity index is 1.61. The highest BCUT2D eigenvalue weighted by Crippen LogP contribution is 2.16. The molecule has 2 heterocycles. The summed E-state index contributed by atoms with van der Waals surface area (Å²) in [6.07, 6.45) is 2.35. The van der Waals surface area contributed by atoms with E-state index < -0.39 is 0 Å². The highest BCUT2D eigenvalue weighted by molar-refractivity contribution is 5.97. The molecule has 0 saturated carbocycles. The van der Waals surface area contributed by atoms with Crippen LogP contribution in [-0.4, -0.2) is 57.4 Å². The van der Waals surface area contributed by atoms with Crippen LogP contribution >= 0.6 is 0 Å². The first-order chi connectivity index (χ1) is 12.2. The van der Waals surface area contributed by atoms with E-state index in [1.807, 2.05) is 0 Å². The Morgan fingerprint density at radius 1 is 1.36 bits per heavy atom. The van der Waals surface area contributed by atoms with Crippen molar-refractivity contribution < 1.29 is 19.2 Å². The van der Waals surface area contributed by atoms with Crippen molar-refractivity contribution in [1.82, 2.24) is 10.3 Å². The lowest BCUT2D eigenvalue weighted by atomic mass is 10.1. The second-order valence-corrected chi connectivity index (χ2v) is 6.16. The fourth-order valence-electron chi connectivity index (χ4n) is 3.04. The third-order valence-corrected chi connectivity index (χ3v) is 4.53. The summed E-state index contributed by atoms with van der Waals surface area (Å²) in [6, 6.07) is 5.18. The zero-order valence-corrected chi connectivity index (χ0v) is 14.4. The summed E-state index contributed by atoms with van der Waals surface area (Å²) in [4.78, 5) is 29.4. The molecule has 0 aliphatic carbocycles. The summed E-state index contributed by atoms with van der Waals surface area (Å²) in [6.45, 7) is 5.18. The van der Waals surface area contributed by atoms with E-state index in [-0.39, 0.29) is 16.9 Å². The van der Waals surface area contributed by atoms with Crippen LogP contribution in [0, 0.1) is 0 Å². The molecule has 25 heavy (non-hydrogen) atoms. The summed E-state index contributed by atoms with van der Waals surface area (Å²) in [5.41, 5.74) is 0.515. The number of nitrogens with one attached hydrogen (secondary N) is 3. The van der Waals surface area contributed by atoms with E-state index in [0.29, 0.717) is 23.2 Å². The molecule has 1 aliphatic rings. The highest BCUT2D eigenvalue weighted by Gasteiger charge is 2.15. The molecule has 1 fully saturated rings. The molecular formula is C18H24N3O4+. The van der Waals surface area contributed by atoms with Crippen LogP contribution in [0.5, 0.6) is 5.75 Å². The Kier molecular flexibility index (Phi) is 5.67. The normalized spacial score (nSPS) is 15.2. The van der Waals surface area contributed by atoms with Gasteiger partial charge in [-0.2, -0.15) is 0 Å². The molecule has 1 aromatic heterocycles. The van der Waals surface area contributed by atoms with E-state index in [4.69, 9.17) is 9.47 Å². The first kappa shape index (κ1) is 17.4. The highest BCUT2D eigenvalue weighted by atomic mass is 16.5. The van der Waals surface area contributed by atoms with Gasteiger partial charge < -0.3 is 24.7 Å². The van der Waals surface area contributed by atoms with E-state index >= 15 is 0 Å². The lowest BCUT2D eigenvalue weighted by Crippen LogP contribution is -3.14. The van der Waals surface area contributed by atoms with Crippen molar-refractivity contribution in [3.05, 3.63) is 40.2 Å². The molecule has 1 amide bonds. The number of fused-ring (bicyclic) bond motifs is 1. The zero-order chi connectivity index (χ0) is 17.6. The number of morpholine rings is 1. The molecule has 7 heteroatoms. The maximum absolute atomic E-state index is 12.6. The minimum absolute atomic E-state index is 0.125. The third kappa shape index (κ3) is 4.18. The molecule has 0 radical (unpaired) electrons. The van der Waals surface area contributed by atoms with Gasteiger partial charge in [0.25, 0.3) is 5.91 Å². The number of aromatic amines is 1. The van der Waals surface area contributed by atoms with E-state index in [0.717, 1.165) is 39.3 Å². The molecule has 1 saturated heterocycles. The lowest BCUT2D eigenvalue weighted by molar-refractivity contribution is -0.908. The number of carbonyl (C=O) groups is 1. The molecular weight excluding hydrogens is 322 g/mol. The van der Waals surface area contributed by atoms with E-state index in [9.17, 15) is 9.59 Å². The number of amides is 1. The van der Waals surface area contributed by atoms with Crippen LogP contribution < -0.4 is 20.4 Å². The second kappa shape index (κ2) is 8.13. The minimum atomic E-state index is -0.344. The van der Waals surface area contributed by atoms with Gasteiger partial charge in [0, 0.05) is 30.1 Å². The van der Waals surface area contributed by atoms with Crippen molar-refractivity contribution in [2.45, 2.75) is 6.42 Å².